The average Bonchev–Trinajstić information content (AvgIpc) is 2.85. The lowest BCUT2D eigenvalue weighted by molar-refractivity contribution is 0.357. The van der Waals surface area contributed by atoms with Crippen LogP contribution in [0.2, 0.25) is 0 Å². The number of nitrogens with one attached hydrogen (secondary N) is 1. The summed E-state index contributed by atoms with van der Waals surface area (Å²) >= 11 is 7.10. The first kappa shape index (κ1) is 14.0. The molecule has 1 heterocycles. The summed E-state index contributed by atoms with van der Waals surface area (Å²) in [6, 6.07) is 12.8. The van der Waals surface area contributed by atoms with Gasteiger partial charge in [-0.05, 0) is 48.4 Å². The molecule has 2 aromatic rings. The third-order valence-electron chi connectivity index (χ3n) is 3.50. The molecule has 0 amide bonds. The SMILES string of the molecule is CC(Nc1ccc2c(c1)CCO2)c1ccc(Br)cc1Br. The van der Waals surface area contributed by atoms with Gasteiger partial charge in [0.25, 0.3) is 0 Å². The van der Waals surface area contributed by atoms with Crippen molar-refractivity contribution in [2.45, 2.75) is 19.4 Å². The van der Waals surface area contributed by atoms with Crippen molar-refractivity contribution in [1.82, 2.24) is 0 Å². The minimum atomic E-state index is 0.234. The topological polar surface area (TPSA) is 21.3 Å². The number of fused-ring (bicyclic) bond motifs is 1. The molecule has 0 radical (unpaired) electrons. The van der Waals surface area contributed by atoms with E-state index in [1.54, 1.807) is 0 Å². The molecule has 0 spiro atoms. The zero-order valence-electron chi connectivity index (χ0n) is 11.1. The van der Waals surface area contributed by atoms with Gasteiger partial charge in [-0.3, -0.25) is 0 Å². The van der Waals surface area contributed by atoms with Gasteiger partial charge in [0, 0.05) is 27.1 Å². The van der Waals surface area contributed by atoms with Crippen molar-refractivity contribution in [3.05, 3.63) is 56.5 Å². The summed E-state index contributed by atoms with van der Waals surface area (Å²) in [5, 5.41) is 3.55. The third-order valence-corrected chi connectivity index (χ3v) is 4.68. The molecule has 104 valence electrons. The lowest BCUT2D eigenvalue weighted by Crippen LogP contribution is -2.07. The minimum Gasteiger partial charge on any atom is -0.493 e. The Bertz CT molecular complexity index is 642. The van der Waals surface area contributed by atoms with E-state index in [2.05, 4.69) is 74.4 Å². The number of hydrogen-bond donors (Lipinski definition) is 1. The van der Waals surface area contributed by atoms with Gasteiger partial charge in [0.1, 0.15) is 5.75 Å². The van der Waals surface area contributed by atoms with E-state index in [0.717, 1.165) is 33.4 Å². The van der Waals surface area contributed by atoms with E-state index in [-0.39, 0.29) is 6.04 Å². The van der Waals surface area contributed by atoms with Crippen LogP contribution in [0.3, 0.4) is 0 Å². The first-order valence-corrected chi connectivity index (χ1v) is 8.19. The average molecular weight is 397 g/mol. The van der Waals surface area contributed by atoms with Gasteiger partial charge >= 0.3 is 0 Å². The highest BCUT2D eigenvalue weighted by atomic mass is 79.9. The second-order valence-electron chi connectivity index (χ2n) is 4.95. The van der Waals surface area contributed by atoms with Gasteiger partial charge in [-0.15, -0.1) is 0 Å². The van der Waals surface area contributed by atoms with Crippen LogP contribution in [-0.4, -0.2) is 6.61 Å². The molecule has 4 heteroatoms. The molecule has 0 aliphatic carbocycles. The molecule has 20 heavy (non-hydrogen) atoms. The zero-order chi connectivity index (χ0) is 14.1. The molecule has 1 unspecified atom stereocenters. The van der Waals surface area contributed by atoms with Crippen LogP contribution in [0.1, 0.15) is 24.1 Å². The molecule has 2 aromatic carbocycles. The van der Waals surface area contributed by atoms with Crippen LogP contribution >= 0.6 is 31.9 Å². The Morgan fingerprint density at radius 1 is 1.15 bits per heavy atom. The number of benzene rings is 2. The Morgan fingerprint density at radius 2 is 2.00 bits per heavy atom. The molecule has 1 aliphatic rings. The first-order valence-electron chi connectivity index (χ1n) is 6.61. The quantitative estimate of drug-likeness (QED) is 0.757. The number of halogens is 2. The minimum absolute atomic E-state index is 0.234. The fraction of sp³-hybridized carbons (Fsp3) is 0.250. The Labute approximate surface area is 135 Å². The molecule has 0 aromatic heterocycles. The summed E-state index contributed by atoms with van der Waals surface area (Å²) < 4.78 is 7.72. The summed E-state index contributed by atoms with van der Waals surface area (Å²) in [5.74, 6) is 1.02. The van der Waals surface area contributed by atoms with E-state index in [0.29, 0.717) is 0 Å². The van der Waals surface area contributed by atoms with E-state index in [9.17, 15) is 0 Å². The third kappa shape index (κ3) is 2.86. The molecule has 2 nitrogen and oxygen atoms in total. The molecule has 0 saturated heterocycles. The van der Waals surface area contributed by atoms with E-state index in [1.165, 1.54) is 11.1 Å². The zero-order valence-corrected chi connectivity index (χ0v) is 14.3. The molecular formula is C16H15Br2NO. The molecule has 1 N–H and O–H groups in total. The Morgan fingerprint density at radius 3 is 2.80 bits per heavy atom. The van der Waals surface area contributed by atoms with E-state index in [1.807, 2.05) is 6.07 Å². The number of ether oxygens (including phenoxy) is 1. The summed E-state index contributed by atoms with van der Waals surface area (Å²) in [6.45, 7) is 2.96. The Balaban J connectivity index is 1.80. The Kier molecular flexibility index (Phi) is 4.03. The van der Waals surface area contributed by atoms with E-state index < -0.39 is 0 Å². The van der Waals surface area contributed by atoms with Gasteiger partial charge in [-0.25, -0.2) is 0 Å². The van der Waals surface area contributed by atoms with Crippen LogP contribution in [0.25, 0.3) is 0 Å². The van der Waals surface area contributed by atoms with Crippen molar-refractivity contribution in [3.63, 3.8) is 0 Å². The smallest absolute Gasteiger partial charge is 0.122 e. The highest BCUT2D eigenvalue weighted by molar-refractivity contribution is 9.11. The highest BCUT2D eigenvalue weighted by Crippen LogP contribution is 2.32. The summed E-state index contributed by atoms with van der Waals surface area (Å²) in [7, 11) is 0. The predicted molar refractivity (Wildman–Crippen MR) is 89.5 cm³/mol. The maximum absolute atomic E-state index is 5.53. The van der Waals surface area contributed by atoms with Crippen molar-refractivity contribution in [3.8, 4) is 5.75 Å². The second kappa shape index (κ2) is 5.78. The largest absolute Gasteiger partial charge is 0.493 e. The second-order valence-corrected chi connectivity index (χ2v) is 6.72. The number of rotatable bonds is 3. The van der Waals surface area contributed by atoms with Gasteiger partial charge in [-0.1, -0.05) is 37.9 Å². The van der Waals surface area contributed by atoms with Crippen LogP contribution in [0.4, 0.5) is 5.69 Å². The molecule has 3 rings (SSSR count). The molecule has 0 fully saturated rings. The summed E-state index contributed by atoms with van der Waals surface area (Å²) in [4.78, 5) is 0. The lowest BCUT2D eigenvalue weighted by Gasteiger charge is -2.18. The number of hydrogen-bond acceptors (Lipinski definition) is 2. The van der Waals surface area contributed by atoms with Crippen molar-refractivity contribution in [1.29, 1.82) is 0 Å². The van der Waals surface area contributed by atoms with Crippen LogP contribution < -0.4 is 10.1 Å². The van der Waals surface area contributed by atoms with Crippen molar-refractivity contribution in [2.75, 3.05) is 11.9 Å². The van der Waals surface area contributed by atoms with Crippen LogP contribution in [-0.2, 0) is 6.42 Å². The first-order chi connectivity index (χ1) is 9.63. The van der Waals surface area contributed by atoms with Gasteiger partial charge < -0.3 is 10.1 Å². The van der Waals surface area contributed by atoms with Crippen molar-refractivity contribution in [2.24, 2.45) is 0 Å². The fourth-order valence-corrected chi connectivity index (χ4v) is 3.85. The highest BCUT2D eigenvalue weighted by Gasteiger charge is 2.14. The molecular weight excluding hydrogens is 382 g/mol. The molecule has 0 saturated carbocycles. The van der Waals surface area contributed by atoms with E-state index in [4.69, 9.17) is 4.74 Å². The van der Waals surface area contributed by atoms with Gasteiger partial charge in [-0.2, -0.15) is 0 Å². The van der Waals surface area contributed by atoms with Gasteiger partial charge in [0.05, 0.1) is 6.61 Å². The monoisotopic (exact) mass is 395 g/mol. The maximum atomic E-state index is 5.53. The molecule has 1 atom stereocenters. The van der Waals surface area contributed by atoms with Crippen molar-refractivity contribution < 1.29 is 4.74 Å². The standard InChI is InChI=1S/C16H15Br2NO/c1-10(14-4-2-12(17)9-15(14)18)19-13-3-5-16-11(8-13)6-7-20-16/h2-5,8-10,19H,6-7H2,1H3. The van der Waals surface area contributed by atoms with Crippen LogP contribution in [0.5, 0.6) is 5.75 Å². The lowest BCUT2D eigenvalue weighted by atomic mass is 10.1. The molecule has 1 aliphatic heterocycles. The normalized spacial score (nSPS) is 14.6. The van der Waals surface area contributed by atoms with Gasteiger partial charge in [0.2, 0.25) is 0 Å². The fourth-order valence-electron chi connectivity index (χ4n) is 2.46. The summed E-state index contributed by atoms with van der Waals surface area (Å²) in [5.41, 5.74) is 3.67. The van der Waals surface area contributed by atoms with E-state index >= 15 is 0 Å². The van der Waals surface area contributed by atoms with Gasteiger partial charge in [0.15, 0.2) is 0 Å². The van der Waals surface area contributed by atoms with Crippen LogP contribution in [0.15, 0.2) is 45.3 Å². The van der Waals surface area contributed by atoms with Crippen LogP contribution in [0, 0.1) is 0 Å². The maximum Gasteiger partial charge on any atom is 0.122 e. The summed E-state index contributed by atoms with van der Waals surface area (Å²) in [6.07, 6.45) is 1.00. The molecule has 0 bridgehead atoms. The Hall–Kier alpha value is -1.000. The predicted octanol–water partition coefficient (Wildman–Crippen LogP) is 5.32. The number of anilines is 1. The van der Waals surface area contributed by atoms with Crippen molar-refractivity contribution >= 4 is 37.5 Å².